The number of carbonyl (C=O) groups excluding carboxylic acids is 1. The molecule has 0 spiro atoms. The number of amides is 1. The Kier molecular flexibility index (Phi) is 5.45. The summed E-state index contributed by atoms with van der Waals surface area (Å²) in [5, 5.41) is 21.2. The number of piperazine rings is 1. The van der Waals surface area contributed by atoms with Crippen LogP contribution in [0.3, 0.4) is 0 Å². The van der Waals surface area contributed by atoms with Gasteiger partial charge in [0, 0.05) is 42.1 Å². The standard InChI is InChI=1S/C23H21FN6O3/c24-16-3-6-20-15(9-16)10-19(22(32)26-20)21-12-30(28-27-21)18-4-1-14(2-5-18)23(33)29-8-7-25-17(11-29)13-31/h1-6,9-10,12,17,25,31H,7-8,11,13H2,(H,26,32)/t17-/m1/s1. The number of aliphatic hydroxyl groups is 1. The molecule has 0 unspecified atom stereocenters. The van der Waals surface area contributed by atoms with Gasteiger partial charge < -0.3 is 20.3 Å². The fourth-order valence-electron chi connectivity index (χ4n) is 3.95. The largest absolute Gasteiger partial charge is 0.395 e. The monoisotopic (exact) mass is 448 g/mol. The van der Waals surface area contributed by atoms with Crippen LogP contribution < -0.4 is 10.9 Å². The van der Waals surface area contributed by atoms with Crippen molar-refractivity contribution in [2.24, 2.45) is 0 Å². The van der Waals surface area contributed by atoms with Crippen LogP contribution in [0.4, 0.5) is 4.39 Å². The molecular formula is C23H21FN6O3. The smallest absolute Gasteiger partial charge is 0.258 e. The van der Waals surface area contributed by atoms with Crippen molar-refractivity contribution in [1.82, 2.24) is 30.2 Å². The summed E-state index contributed by atoms with van der Waals surface area (Å²) in [6.45, 7) is 1.64. The maximum atomic E-state index is 13.6. The predicted octanol–water partition coefficient (Wildman–Crippen LogP) is 1.32. The van der Waals surface area contributed by atoms with Crippen molar-refractivity contribution in [2.75, 3.05) is 26.2 Å². The molecule has 2 aromatic heterocycles. The fourth-order valence-corrected chi connectivity index (χ4v) is 3.95. The second-order valence-corrected chi connectivity index (χ2v) is 7.92. The van der Waals surface area contributed by atoms with E-state index in [1.165, 1.54) is 22.9 Å². The number of benzene rings is 2. The number of halogens is 1. The number of aliphatic hydroxyl groups excluding tert-OH is 1. The SMILES string of the molecule is O=C(c1ccc(-n2cc(-c3cc4cc(F)ccc4[nH]c3=O)nn2)cc1)N1CCN[C@@H](CO)C1. The highest BCUT2D eigenvalue weighted by molar-refractivity contribution is 5.94. The van der Waals surface area contributed by atoms with Crippen LogP contribution in [0.2, 0.25) is 0 Å². The molecule has 3 heterocycles. The van der Waals surface area contributed by atoms with Gasteiger partial charge >= 0.3 is 0 Å². The van der Waals surface area contributed by atoms with Gasteiger partial charge in [0.25, 0.3) is 11.5 Å². The number of nitrogens with one attached hydrogen (secondary N) is 2. The third-order valence-corrected chi connectivity index (χ3v) is 5.72. The summed E-state index contributed by atoms with van der Waals surface area (Å²) in [5.74, 6) is -0.498. The van der Waals surface area contributed by atoms with Crippen molar-refractivity contribution < 1.29 is 14.3 Å². The zero-order chi connectivity index (χ0) is 22.9. The zero-order valence-corrected chi connectivity index (χ0v) is 17.5. The number of aromatic amines is 1. The predicted molar refractivity (Wildman–Crippen MR) is 120 cm³/mol. The van der Waals surface area contributed by atoms with Gasteiger partial charge in [0.2, 0.25) is 0 Å². The third-order valence-electron chi connectivity index (χ3n) is 5.72. The molecule has 5 rings (SSSR count). The van der Waals surface area contributed by atoms with Crippen LogP contribution in [0, 0.1) is 5.82 Å². The van der Waals surface area contributed by atoms with Crippen LogP contribution in [0.1, 0.15) is 10.4 Å². The minimum atomic E-state index is -0.397. The highest BCUT2D eigenvalue weighted by Crippen LogP contribution is 2.20. The lowest BCUT2D eigenvalue weighted by atomic mass is 10.1. The van der Waals surface area contributed by atoms with Crippen LogP contribution >= 0.6 is 0 Å². The Morgan fingerprint density at radius 2 is 2.00 bits per heavy atom. The van der Waals surface area contributed by atoms with E-state index < -0.39 is 5.82 Å². The Morgan fingerprint density at radius 1 is 1.18 bits per heavy atom. The highest BCUT2D eigenvalue weighted by Gasteiger charge is 2.23. The number of carbonyl (C=O) groups is 1. The van der Waals surface area contributed by atoms with Gasteiger partial charge in [-0.2, -0.15) is 0 Å². The summed E-state index contributed by atoms with van der Waals surface area (Å²) >= 11 is 0. The molecule has 0 radical (unpaired) electrons. The number of hydrogen-bond donors (Lipinski definition) is 3. The lowest BCUT2D eigenvalue weighted by Crippen LogP contribution is -2.54. The molecule has 4 aromatic rings. The lowest BCUT2D eigenvalue weighted by Gasteiger charge is -2.32. The topological polar surface area (TPSA) is 116 Å². The number of hydrogen-bond acceptors (Lipinski definition) is 6. The Morgan fingerprint density at radius 3 is 2.79 bits per heavy atom. The number of rotatable bonds is 4. The summed E-state index contributed by atoms with van der Waals surface area (Å²) in [4.78, 5) is 29.7. The Labute approximate surface area is 187 Å². The van der Waals surface area contributed by atoms with Crippen molar-refractivity contribution in [3.8, 4) is 16.9 Å². The molecule has 0 aliphatic carbocycles. The first kappa shape index (κ1) is 21.0. The van der Waals surface area contributed by atoms with E-state index in [9.17, 15) is 19.1 Å². The van der Waals surface area contributed by atoms with Crippen molar-refractivity contribution >= 4 is 16.8 Å². The molecule has 0 saturated carbocycles. The summed E-state index contributed by atoms with van der Waals surface area (Å²) in [6, 6.07) is 12.5. The molecule has 1 atom stereocenters. The van der Waals surface area contributed by atoms with Crippen molar-refractivity contribution in [1.29, 1.82) is 0 Å². The van der Waals surface area contributed by atoms with E-state index in [1.807, 2.05) is 0 Å². The van der Waals surface area contributed by atoms with Gasteiger partial charge in [-0.05, 0) is 48.5 Å². The second kappa shape index (κ2) is 8.57. The van der Waals surface area contributed by atoms with Gasteiger partial charge in [0.05, 0.1) is 24.1 Å². The molecule has 2 aromatic carbocycles. The van der Waals surface area contributed by atoms with E-state index in [0.717, 1.165) is 0 Å². The van der Waals surface area contributed by atoms with Crippen LogP contribution in [0.5, 0.6) is 0 Å². The van der Waals surface area contributed by atoms with Crippen LogP contribution in [0.25, 0.3) is 27.8 Å². The van der Waals surface area contributed by atoms with E-state index in [-0.39, 0.29) is 29.7 Å². The maximum absolute atomic E-state index is 13.6. The van der Waals surface area contributed by atoms with Gasteiger partial charge in [-0.25, -0.2) is 9.07 Å². The first-order valence-corrected chi connectivity index (χ1v) is 10.5. The maximum Gasteiger partial charge on any atom is 0.258 e. The Hall–Kier alpha value is -3.89. The zero-order valence-electron chi connectivity index (χ0n) is 17.5. The molecule has 1 saturated heterocycles. The number of H-pyrrole nitrogens is 1. The molecule has 1 fully saturated rings. The normalized spacial score (nSPS) is 16.3. The molecular weight excluding hydrogens is 427 g/mol. The molecule has 3 N–H and O–H groups in total. The van der Waals surface area contributed by atoms with Gasteiger partial charge in [-0.15, -0.1) is 5.10 Å². The van der Waals surface area contributed by atoms with Gasteiger partial charge in [-0.3, -0.25) is 9.59 Å². The Bertz CT molecular complexity index is 1380. The van der Waals surface area contributed by atoms with Crippen molar-refractivity contribution in [3.63, 3.8) is 0 Å². The number of aromatic nitrogens is 4. The highest BCUT2D eigenvalue weighted by atomic mass is 19.1. The molecule has 0 bridgehead atoms. The minimum Gasteiger partial charge on any atom is -0.395 e. The van der Waals surface area contributed by atoms with Crippen LogP contribution in [-0.4, -0.2) is 68.2 Å². The molecule has 33 heavy (non-hydrogen) atoms. The number of nitrogens with zero attached hydrogens (tertiary/aromatic N) is 4. The van der Waals surface area contributed by atoms with Crippen molar-refractivity contribution in [3.05, 3.63) is 76.5 Å². The fraction of sp³-hybridized carbons (Fsp3) is 0.217. The molecule has 1 aliphatic rings. The van der Waals surface area contributed by atoms with Gasteiger partial charge in [0.1, 0.15) is 11.5 Å². The van der Waals surface area contributed by atoms with Crippen molar-refractivity contribution in [2.45, 2.75) is 6.04 Å². The molecule has 1 aliphatic heterocycles. The van der Waals surface area contributed by atoms with Gasteiger partial charge in [0.15, 0.2) is 0 Å². The summed E-state index contributed by atoms with van der Waals surface area (Å²) in [7, 11) is 0. The first-order valence-electron chi connectivity index (χ1n) is 10.5. The lowest BCUT2D eigenvalue weighted by molar-refractivity contribution is 0.0671. The second-order valence-electron chi connectivity index (χ2n) is 7.92. The van der Waals surface area contributed by atoms with E-state index in [4.69, 9.17) is 0 Å². The van der Waals surface area contributed by atoms with Gasteiger partial charge in [-0.1, -0.05) is 5.21 Å². The third kappa shape index (κ3) is 4.13. The number of fused-ring (bicyclic) bond motifs is 1. The van der Waals surface area contributed by atoms with Crippen LogP contribution in [-0.2, 0) is 0 Å². The molecule has 10 heteroatoms. The van der Waals surface area contributed by atoms with E-state index in [1.54, 1.807) is 41.4 Å². The Balaban J connectivity index is 1.38. The van der Waals surface area contributed by atoms with E-state index in [0.29, 0.717) is 47.5 Å². The summed E-state index contributed by atoms with van der Waals surface area (Å²) < 4.78 is 15.1. The molecule has 9 nitrogen and oxygen atoms in total. The summed E-state index contributed by atoms with van der Waals surface area (Å²) in [5.41, 5.74) is 2.02. The minimum absolute atomic E-state index is 0.0215. The average molecular weight is 448 g/mol. The first-order chi connectivity index (χ1) is 16.0. The van der Waals surface area contributed by atoms with E-state index in [2.05, 4.69) is 20.6 Å². The molecule has 1 amide bonds. The average Bonchev–Trinajstić information content (AvgIpc) is 3.33. The van der Waals surface area contributed by atoms with Crippen LogP contribution in [0.15, 0.2) is 59.5 Å². The summed E-state index contributed by atoms with van der Waals surface area (Å²) in [6.07, 6.45) is 1.61. The quantitative estimate of drug-likeness (QED) is 0.434. The number of pyridine rings is 1. The van der Waals surface area contributed by atoms with E-state index >= 15 is 0 Å². The molecule has 168 valence electrons.